The quantitative estimate of drug-likeness (QED) is 0.899. The summed E-state index contributed by atoms with van der Waals surface area (Å²) in [6.45, 7) is 0.371. The number of rotatable bonds is 4. The molecule has 2 aromatic rings. The Labute approximate surface area is 124 Å². The summed E-state index contributed by atoms with van der Waals surface area (Å²) < 4.78 is 26.4. The van der Waals surface area contributed by atoms with Crippen LogP contribution in [0, 0.1) is 11.6 Å². The number of aromatic nitrogens is 1. The highest BCUT2D eigenvalue weighted by Crippen LogP contribution is 2.22. The van der Waals surface area contributed by atoms with E-state index in [1.807, 2.05) is 0 Å². The summed E-state index contributed by atoms with van der Waals surface area (Å²) in [6.07, 6.45) is 0.536. The zero-order valence-corrected chi connectivity index (χ0v) is 11.8. The van der Waals surface area contributed by atoms with Gasteiger partial charge in [0.15, 0.2) is 23.3 Å². The minimum Gasteiger partial charge on any atom is -0.381 e. The van der Waals surface area contributed by atoms with Crippen LogP contribution in [-0.4, -0.2) is 11.5 Å². The zero-order chi connectivity index (χ0) is 14.7. The number of halogens is 4. The van der Waals surface area contributed by atoms with E-state index in [4.69, 9.17) is 28.9 Å². The first kappa shape index (κ1) is 14.8. The van der Waals surface area contributed by atoms with E-state index in [1.165, 1.54) is 0 Å². The van der Waals surface area contributed by atoms with Gasteiger partial charge >= 0.3 is 0 Å². The van der Waals surface area contributed by atoms with Crippen LogP contribution in [0.2, 0.25) is 10.0 Å². The fraction of sp³-hybridized carbons (Fsp3) is 0.154. The largest absolute Gasteiger partial charge is 0.381 e. The first-order chi connectivity index (χ1) is 9.47. The maximum atomic E-state index is 13.4. The van der Waals surface area contributed by atoms with Crippen LogP contribution in [0.15, 0.2) is 24.3 Å². The average molecular weight is 318 g/mol. The van der Waals surface area contributed by atoms with Crippen molar-refractivity contribution in [1.29, 1.82) is 0 Å². The number of pyridine rings is 1. The SMILES string of the molecule is Nc1nc(NCCc2ccc(Cl)cc2Cl)c(F)cc1F. The van der Waals surface area contributed by atoms with Gasteiger partial charge in [-0.2, -0.15) is 0 Å². The number of benzene rings is 1. The monoisotopic (exact) mass is 317 g/mol. The fourth-order valence-electron chi connectivity index (χ4n) is 1.64. The Morgan fingerprint density at radius 2 is 1.90 bits per heavy atom. The number of hydrogen-bond donors (Lipinski definition) is 2. The molecule has 7 heteroatoms. The second kappa shape index (κ2) is 6.24. The topological polar surface area (TPSA) is 50.9 Å². The summed E-state index contributed by atoms with van der Waals surface area (Å²) >= 11 is 11.8. The molecule has 106 valence electrons. The molecule has 0 radical (unpaired) electrons. The Morgan fingerprint density at radius 3 is 2.60 bits per heavy atom. The Kier molecular flexibility index (Phi) is 4.62. The summed E-state index contributed by atoms with van der Waals surface area (Å²) in [7, 11) is 0. The van der Waals surface area contributed by atoms with E-state index in [1.54, 1.807) is 18.2 Å². The highest BCUT2D eigenvalue weighted by atomic mass is 35.5. The molecule has 0 amide bonds. The lowest BCUT2D eigenvalue weighted by Crippen LogP contribution is -2.10. The van der Waals surface area contributed by atoms with Crippen molar-refractivity contribution in [3.63, 3.8) is 0 Å². The second-order valence-corrected chi connectivity index (χ2v) is 4.94. The lowest BCUT2D eigenvalue weighted by molar-refractivity contribution is 0.579. The third kappa shape index (κ3) is 3.49. The molecular formula is C13H11Cl2F2N3. The Bertz CT molecular complexity index is 635. The number of nitrogens with zero attached hydrogens (tertiary/aromatic N) is 1. The van der Waals surface area contributed by atoms with Gasteiger partial charge in [0.1, 0.15) is 0 Å². The summed E-state index contributed by atoms with van der Waals surface area (Å²) in [5, 5.41) is 3.83. The average Bonchev–Trinajstić information content (AvgIpc) is 2.38. The first-order valence-corrected chi connectivity index (χ1v) is 6.52. The Morgan fingerprint density at radius 1 is 1.15 bits per heavy atom. The van der Waals surface area contributed by atoms with E-state index in [9.17, 15) is 8.78 Å². The minimum absolute atomic E-state index is 0.0889. The molecule has 0 fully saturated rings. The summed E-state index contributed by atoms with van der Waals surface area (Å²) in [5.41, 5.74) is 6.14. The molecule has 1 aromatic carbocycles. The van der Waals surface area contributed by atoms with Gasteiger partial charge in [0, 0.05) is 22.7 Å². The smallest absolute Gasteiger partial charge is 0.168 e. The number of hydrogen-bond acceptors (Lipinski definition) is 3. The molecule has 0 bridgehead atoms. The van der Waals surface area contributed by atoms with Gasteiger partial charge in [-0.15, -0.1) is 0 Å². The first-order valence-electron chi connectivity index (χ1n) is 5.76. The normalized spacial score (nSPS) is 10.6. The molecule has 2 rings (SSSR count). The van der Waals surface area contributed by atoms with Gasteiger partial charge in [0.2, 0.25) is 0 Å². The molecular weight excluding hydrogens is 307 g/mol. The molecule has 20 heavy (non-hydrogen) atoms. The van der Waals surface area contributed by atoms with E-state index < -0.39 is 11.6 Å². The molecule has 0 aliphatic carbocycles. The van der Waals surface area contributed by atoms with Crippen LogP contribution in [0.4, 0.5) is 20.4 Å². The van der Waals surface area contributed by atoms with Crippen LogP contribution in [-0.2, 0) is 6.42 Å². The van der Waals surface area contributed by atoms with Gasteiger partial charge in [0.05, 0.1) is 0 Å². The fourth-order valence-corrected chi connectivity index (χ4v) is 2.15. The summed E-state index contributed by atoms with van der Waals surface area (Å²) in [4.78, 5) is 3.60. The predicted molar refractivity (Wildman–Crippen MR) is 77.2 cm³/mol. The van der Waals surface area contributed by atoms with E-state index in [0.29, 0.717) is 29.1 Å². The second-order valence-electron chi connectivity index (χ2n) is 4.10. The van der Waals surface area contributed by atoms with Crippen molar-refractivity contribution in [2.45, 2.75) is 6.42 Å². The number of nitrogen functional groups attached to an aromatic ring is 1. The molecule has 0 atom stereocenters. The highest BCUT2D eigenvalue weighted by Gasteiger charge is 2.09. The molecule has 1 aromatic heterocycles. The van der Waals surface area contributed by atoms with Crippen LogP contribution < -0.4 is 11.1 Å². The van der Waals surface area contributed by atoms with Crippen molar-refractivity contribution in [2.24, 2.45) is 0 Å². The Balaban J connectivity index is 2.01. The Hall–Kier alpha value is -1.59. The lowest BCUT2D eigenvalue weighted by Gasteiger charge is -2.09. The highest BCUT2D eigenvalue weighted by molar-refractivity contribution is 6.35. The zero-order valence-electron chi connectivity index (χ0n) is 10.3. The van der Waals surface area contributed by atoms with Crippen molar-refractivity contribution in [1.82, 2.24) is 4.98 Å². The third-order valence-corrected chi connectivity index (χ3v) is 3.25. The lowest BCUT2D eigenvalue weighted by atomic mass is 10.1. The van der Waals surface area contributed by atoms with Crippen LogP contribution in [0.25, 0.3) is 0 Å². The molecule has 0 aliphatic heterocycles. The maximum absolute atomic E-state index is 13.4. The van der Waals surface area contributed by atoms with Crippen molar-refractivity contribution in [2.75, 3.05) is 17.6 Å². The number of anilines is 2. The van der Waals surface area contributed by atoms with Crippen molar-refractivity contribution < 1.29 is 8.78 Å². The van der Waals surface area contributed by atoms with Gasteiger partial charge in [0.25, 0.3) is 0 Å². The van der Waals surface area contributed by atoms with Gasteiger partial charge in [-0.3, -0.25) is 0 Å². The van der Waals surface area contributed by atoms with Crippen LogP contribution in [0.5, 0.6) is 0 Å². The van der Waals surface area contributed by atoms with Crippen molar-refractivity contribution >= 4 is 34.8 Å². The number of nitrogens with two attached hydrogens (primary N) is 1. The van der Waals surface area contributed by atoms with E-state index >= 15 is 0 Å². The van der Waals surface area contributed by atoms with E-state index in [2.05, 4.69) is 10.3 Å². The molecule has 0 saturated heterocycles. The third-order valence-electron chi connectivity index (χ3n) is 2.66. The van der Waals surface area contributed by atoms with Gasteiger partial charge in [-0.25, -0.2) is 13.8 Å². The van der Waals surface area contributed by atoms with E-state index in [-0.39, 0.29) is 11.6 Å². The van der Waals surface area contributed by atoms with Gasteiger partial charge in [-0.1, -0.05) is 29.3 Å². The van der Waals surface area contributed by atoms with E-state index in [0.717, 1.165) is 5.56 Å². The molecule has 0 saturated carbocycles. The summed E-state index contributed by atoms with van der Waals surface area (Å²) in [5.74, 6) is -2.11. The van der Waals surface area contributed by atoms with Crippen molar-refractivity contribution in [3.05, 3.63) is 51.5 Å². The van der Waals surface area contributed by atoms with Crippen LogP contribution >= 0.6 is 23.2 Å². The minimum atomic E-state index is -0.881. The molecule has 0 unspecified atom stereocenters. The molecule has 0 aliphatic rings. The van der Waals surface area contributed by atoms with Gasteiger partial charge in [-0.05, 0) is 24.1 Å². The van der Waals surface area contributed by atoms with Crippen LogP contribution in [0.3, 0.4) is 0 Å². The standard InChI is InChI=1S/C13H11Cl2F2N3/c14-8-2-1-7(9(15)5-8)3-4-19-13-11(17)6-10(16)12(18)20-13/h1-2,5-6H,3-4H2,(H3,18,19,20). The molecule has 3 N–H and O–H groups in total. The maximum Gasteiger partial charge on any atom is 0.168 e. The summed E-state index contributed by atoms with van der Waals surface area (Å²) in [6, 6.07) is 5.83. The predicted octanol–water partition coefficient (Wildman–Crippen LogP) is 3.90. The van der Waals surface area contributed by atoms with Crippen molar-refractivity contribution in [3.8, 4) is 0 Å². The molecule has 0 spiro atoms. The molecule has 1 heterocycles. The molecule has 3 nitrogen and oxygen atoms in total. The number of nitrogens with one attached hydrogen (secondary N) is 1. The van der Waals surface area contributed by atoms with Crippen LogP contribution in [0.1, 0.15) is 5.56 Å². The van der Waals surface area contributed by atoms with Gasteiger partial charge < -0.3 is 11.1 Å².